The van der Waals surface area contributed by atoms with Gasteiger partial charge < -0.3 is 18.9 Å². The number of hydrogen-bond donors (Lipinski definition) is 0. The first-order valence-electron chi connectivity index (χ1n) is 8.51. The molecule has 0 N–H and O–H groups in total. The lowest BCUT2D eigenvalue weighted by Crippen LogP contribution is -2.41. The average Bonchev–Trinajstić information content (AvgIpc) is 2.64. The molecule has 28 heavy (non-hydrogen) atoms. The lowest BCUT2D eigenvalue weighted by Gasteiger charge is -2.29. The van der Waals surface area contributed by atoms with E-state index in [2.05, 4.69) is 15.9 Å². The molecule has 6 nitrogen and oxygen atoms in total. The molecule has 1 heterocycles. The molecule has 7 heteroatoms. The number of cyclic esters (lactones) is 2. The predicted molar refractivity (Wildman–Crippen MR) is 106 cm³/mol. The molecule has 146 valence electrons. The Morgan fingerprint density at radius 1 is 1.00 bits per heavy atom. The summed E-state index contributed by atoms with van der Waals surface area (Å²) in [5.74, 6) is -1.70. The average molecular weight is 447 g/mol. The van der Waals surface area contributed by atoms with Crippen LogP contribution in [-0.4, -0.2) is 24.8 Å². The normalized spacial score (nSPS) is 15.5. The molecule has 0 amide bonds. The Bertz CT molecular complexity index is 908. The van der Waals surface area contributed by atoms with Crippen LogP contribution in [-0.2, 0) is 25.7 Å². The van der Waals surface area contributed by atoms with Crippen molar-refractivity contribution in [3.8, 4) is 11.5 Å². The number of ether oxygens (including phenoxy) is 4. The number of carbonyl (C=O) groups is 2. The first-order valence-corrected chi connectivity index (χ1v) is 9.30. The maximum absolute atomic E-state index is 12.1. The lowest BCUT2D eigenvalue weighted by atomic mass is 10.1. The molecule has 0 unspecified atom stereocenters. The van der Waals surface area contributed by atoms with Crippen molar-refractivity contribution in [1.29, 1.82) is 0 Å². The predicted octanol–water partition coefficient (Wildman–Crippen LogP) is 4.26. The minimum absolute atomic E-state index is 0.176. The summed E-state index contributed by atoms with van der Waals surface area (Å²) in [6.07, 6.45) is 1.40. The van der Waals surface area contributed by atoms with E-state index in [-0.39, 0.29) is 5.57 Å². The fraction of sp³-hybridized carbons (Fsp3) is 0.238. The summed E-state index contributed by atoms with van der Waals surface area (Å²) in [5, 5.41) is 0. The number of methoxy groups -OCH3 is 1. The summed E-state index contributed by atoms with van der Waals surface area (Å²) in [6, 6.07) is 12.9. The summed E-state index contributed by atoms with van der Waals surface area (Å²) in [5.41, 5.74) is 1.41. The van der Waals surface area contributed by atoms with E-state index in [0.717, 1.165) is 10.0 Å². The minimum Gasteiger partial charge on any atom is -0.493 e. The highest BCUT2D eigenvalue weighted by Gasteiger charge is 2.38. The van der Waals surface area contributed by atoms with Gasteiger partial charge in [0.1, 0.15) is 12.2 Å². The van der Waals surface area contributed by atoms with E-state index in [1.54, 1.807) is 18.2 Å². The zero-order valence-electron chi connectivity index (χ0n) is 15.7. The van der Waals surface area contributed by atoms with Crippen LogP contribution < -0.4 is 9.47 Å². The molecule has 2 aromatic rings. The van der Waals surface area contributed by atoms with Crippen LogP contribution in [0.4, 0.5) is 0 Å². The van der Waals surface area contributed by atoms with Crippen LogP contribution in [0, 0.1) is 0 Å². The molecule has 0 aliphatic carbocycles. The summed E-state index contributed by atoms with van der Waals surface area (Å²) in [4.78, 5) is 24.2. The lowest BCUT2D eigenvalue weighted by molar-refractivity contribution is -0.222. The molecule has 2 aromatic carbocycles. The molecule has 3 rings (SSSR count). The quantitative estimate of drug-likeness (QED) is 0.388. The van der Waals surface area contributed by atoms with Gasteiger partial charge in [0.2, 0.25) is 0 Å². The van der Waals surface area contributed by atoms with Crippen molar-refractivity contribution in [2.45, 2.75) is 26.2 Å². The van der Waals surface area contributed by atoms with Gasteiger partial charge in [-0.1, -0.05) is 34.1 Å². The molecule has 0 saturated carbocycles. The maximum Gasteiger partial charge on any atom is 0.348 e. The molecule has 0 spiro atoms. The Morgan fingerprint density at radius 2 is 1.64 bits per heavy atom. The second kappa shape index (κ2) is 8.06. The Kier molecular flexibility index (Phi) is 5.74. The van der Waals surface area contributed by atoms with Gasteiger partial charge in [0.25, 0.3) is 5.79 Å². The van der Waals surface area contributed by atoms with Crippen LogP contribution in [0.5, 0.6) is 11.5 Å². The summed E-state index contributed by atoms with van der Waals surface area (Å²) in [6.45, 7) is 3.37. The number of carbonyl (C=O) groups excluding carboxylic acids is 2. The van der Waals surface area contributed by atoms with Gasteiger partial charge in [0.15, 0.2) is 11.5 Å². The molecular formula is C21H19BrO6. The Morgan fingerprint density at radius 3 is 2.25 bits per heavy atom. The zero-order valence-corrected chi connectivity index (χ0v) is 17.2. The Hall–Kier alpha value is -2.80. The van der Waals surface area contributed by atoms with Crippen LogP contribution in [0.1, 0.15) is 25.0 Å². The van der Waals surface area contributed by atoms with E-state index in [0.29, 0.717) is 23.7 Å². The third-order valence-corrected chi connectivity index (χ3v) is 4.45. The molecule has 1 saturated heterocycles. The van der Waals surface area contributed by atoms with Gasteiger partial charge in [-0.25, -0.2) is 9.59 Å². The Labute approximate surface area is 171 Å². The summed E-state index contributed by atoms with van der Waals surface area (Å²) in [7, 11) is 1.52. The van der Waals surface area contributed by atoms with Gasteiger partial charge in [-0.05, 0) is 41.5 Å². The number of esters is 2. The number of halogens is 1. The van der Waals surface area contributed by atoms with Crippen molar-refractivity contribution in [3.63, 3.8) is 0 Å². The first-order chi connectivity index (χ1) is 13.3. The first kappa shape index (κ1) is 19.9. The topological polar surface area (TPSA) is 71.1 Å². The molecule has 0 aromatic heterocycles. The smallest absolute Gasteiger partial charge is 0.348 e. The van der Waals surface area contributed by atoms with E-state index in [1.165, 1.54) is 27.0 Å². The van der Waals surface area contributed by atoms with Crippen molar-refractivity contribution in [1.82, 2.24) is 0 Å². The van der Waals surface area contributed by atoms with E-state index in [4.69, 9.17) is 18.9 Å². The number of rotatable bonds is 5. The molecule has 1 fully saturated rings. The van der Waals surface area contributed by atoms with Gasteiger partial charge in [-0.3, -0.25) is 0 Å². The van der Waals surface area contributed by atoms with Crippen molar-refractivity contribution >= 4 is 33.9 Å². The van der Waals surface area contributed by atoms with Crippen molar-refractivity contribution < 1.29 is 28.5 Å². The molecule has 1 aliphatic heterocycles. The molecular weight excluding hydrogens is 428 g/mol. The fourth-order valence-corrected chi connectivity index (χ4v) is 2.84. The highest BCUT2D eigenvalue weighted by atomic mass is 79.9. The van der Waals surface area contributed by atoms with Gasteiger partial charge in [0.05, 0.1) is 7.11 Å². The molecule has 0 radical (unpaired) electrons. The van der Waals surface area contributed by atoms with Gasteiger partial charge >= 0.3 is 11.9 Å². The van der Waals surface area contributed by atoms with E-state index >= 15 is 0 Å². The van der Waals surface area contributed by atoms with Crippen LogP contribution in [0.15, 0.2) is 52.5 Å². The van der Waals surface area contributed by atoms with Crippen LogP contribution in [0.2, 0.25) is 0 Å². The van der Waals surface area contributed by atoms with Gasteiger partial charge in [-0.15, -0.1) is 0 Å². The highest BCUT2D eigenvalue weighted by Crippen LogP contribution is 2.31. The summed E-state index contributed by atoms with van der Waals surface area (Å²) < 4.78 is 22.4. The van der Waals surface area contributed by atoms with Gasteiger partial charge in [-0.2, -0.15) is 0 Å². The van der Waals surface area contributed by atoms with Crippen molar-refractivity contribution in [2.75, 3.05) is 7.11 Å². The summed E-state index contributed by atoms with van der Waals surface area (Å²) >= 11 is 3.40. The second-order valence-corrected chi connectivity index (χ2v) is 7.48. The second-order valence-electron chi connectivity index (χ2n) is 6.56. The van der Waals surface area contributed by atoms with Gasteiger partial charge in [0, 0.05) is 18.3 Å². The van der Waals surface area contributed by atoms with Crippen LogP contribution in [0.25, 0.3) is 6.08 Å². The monoisotopic (exact) mass is 446 g/mol. The van der Waals surface area contributed by atoms with Crippen LogP contribution >= 0.6 is 15.9 Å². The molecule has 0 atom stereocenters. The zero-order chi connectivity index (χ0) is 20.3. The third-order valence-electron chi connectivity index (χ3n) is 3.92. The standard InChI is InChI=1S/C21H19BrO6/c1-21(2)27-19(23)16(20(24)28-21)10-14-6-9-17(18(11-14)25-3)26-12-13-4-7-15(22)8-5-13/h4-11H,12H2,1-3H3. The largest absolute Gasteiger partial charge is 0.493 e. The number of hydrogen-bond acceptors (Lipinski definition) is 6. The van der Waals surface area contributed by atoms with Crippen molar-refractivity contribution in [2.24, 2.45) is 0 Å². The third kappa shape index (κ3) is 4.72. The maximum atomic E-state index is 12.1. The highest BCUT2D eigenvalue weighted by molar-refractivity contribution is 9.10. The van der Waals surface area contributed by atoms with E-state index in [9.17, 15) is 9.59 Å². The fourth-order valence-electron chi connectivity index (χ4n) is 2.58. The SMILES string of the molecule is COc1cc(C=C2C(=O)OC(C)(C)OC2=O)ccc1OCc1ccc(Br)cc1. The minimum atomic E-state index is -1.27. The van der Waals surface area contributed by atoms with Crippen molar-refractivity contribution in [3.05, 3.63) is 63.6 Å². The number of benzene rings is 2. The molecule has 0 bridgehead atoms. The van der Waals surface area contributed by atoms with Crippen LogP contribution in [0.3, 0.4) is 0 Å². The molecule has 1 aliphatic rings. The Balaban J connectivity index is 1.78. The van der Waals surface area contributed by atoms with E-state index < -0.39 is 17.7 Å². The van der Waals surface area contributed by atoms with E-state index in [1.807, 2.05) is 24.3 Å².